The van der Waals surface area contributed by atoms with Gasteiger partial charge in [0.15, 0.2) is 0 Å². The first-order valence-electron chi connectivity index (χ1n) is 8.48. The Morgan fingerprint density at radius 2 is 2.00 bits per heavy atom. The average Bonchev–Trinajstić information content (AvgIpc) is 3.14. The summed E-state index contributed by atoms with van der Waals surface area (Å²) in [6.45, 7) is 2.95. The van der Waals surface area contributed by atoms with Gasteiger partial charge in [0.05, 0.1) is 22.9 Å². The van der Waals surface area contributed by atoms with Crippen molar-refractivity contribution < 1.29 is 4.39 Å². The van der Waals surface area contributed by atoms with Crippen LogP contribution in [0.3, 0.4) is 0 Å². The monoisotopic (exact) mass is 412 g/mol. The largest absolute Gasteiger partial charge is 0.328 e. The van der Waals surface area contributed by atoms with Crippen LogP contribution in [0.4, 0.5) is 4.39 Å². The summed E-state index contributed by atoms with van der Waals surface area (Å²) in [6, 6.07) is 12.8. The predicted molar refractivity (Wildman–Crippen MR) is 105 cm³/mol. The quantitative estimate of drug-likeness (QED) is 0.475. The van der Waals surface area contributed by atoms with Gasteiger partial charge in [-0.2, -0.15) is 5.10 Å². The summed E-state index contributed by atoms with van der Waals surface area (Å²) in [5.41, 5.74) is 4.85. The molecule has 4 nitrogen and oxygen atoms in total. The molecule has 4 rings (SSSR count). The summed E-state index contributed by atoms with van der Waals surface area (Å²) in [5.74, 6) is 0.728. The van der Waals surface area contributed by atoms with Crippen molar-refractivity contribution in [3.63, 3.8) is 0 Å². The van der Waals surface area contributed by atoms with Crippen molar-refractivity contribution in [1.82, 2.24) is 19.3 Å². The summed E-state index contributed by atoms with van der Waals surface area (Å²) in [7, 11) is 1.88. The molecule has 0 unspecified atom stereocenters. The molecule has 0 bridgehead atoms. The number of imidazole rings is 1. The number of nitrogens with zero attached hydrogens (tertiary/aromatic N) is 4. The van der Waals surface area contributed by atoms with Crippen molar-refractivity contribution in [1.29, 1.82) is 0 Å². The lowest BCUT2D eigenvalue weighted by atomic mass is 10.1. The lowest BCUT2D eigenvalue weighted by molar-refractivity contribution is 0.628. The molecule has 26 heavy (non-hydrogen) atoms. The fraction of sp³-hybridized carbons (Fsp3) is 0.200. The number of aromatic nitrogens is 4. The number of fused-ring (bicyclic) bond motifs is 1. The maximum absolute atomic E-state index is 13.7. The first-order chi connectivity index (χ1) is 12.6. The van der Waals surface area contributed by atoms with Gasteiger partial charge in [-0.1, -0.05) is 28.1 Å². The van der Waals surface area contributed by atoms with Crippen LogP contribution in [0.25, 0.3) is 22.3 Å². The van der Waals surface area contributed by atoms with E-state index in [2.05, 4.69) is 38.6 Å². The van der Waals surface area contributed by atoms with E-state index in [9.17, 15) is 4.39 Å². The number of rotatable bonds is 4. The standard InChI is InChI=1S/C20H18BrFN4/c1-3-26-18-8-7-15(21)11-17(18)24-19(26)10-14-12-23-25(2)20(14)13-5-4-6-16(22)9-13/h4-9,11-12H,3,10H2,1-2H3. The summed E-state index contributed by atoms with van der Waals surface area (Å²) in [4.78, 5) is 4.82. The molecular formula is C20H18BrFN4. The molecular weight excluding hydrogens is 395 g/mol. The molecule has 0 aliphatic rings. The second-order valence-corrected chi connectivity index (χ2v) is 7.15. The Hall–Kier alpha value is -2.47. The highest BCUT2D eigenvalue weighted by Crippen LogP contribution is 2.27. The van der Waals surface area contributed by atoms with Gasteiger partial charge in [-0.25, -0.2) is 9.37 Å². The van der Waals surface area contributed by atoms with E-state index in [0.717, 1.165) is 44.7 Å². The molecule has 0 saturated carbocycles. The van der Waals surface area contributed by atoms with Crippen molar-refractivity contribution in [3.8, 4) is 11.3 Å². The number of aryl methyl sites for hydroxylation is 2. The summed E-state index contributed by atoms with van der Waals surface area (Å²) in [6.07, 6.45) is 2.48. The van der Waals surface area contributed by atoms with E-state index in [1.165, 1.54) is 6.07 Å². The van der Waals surface area contributed by atoms with Crippen LogP contribution in [0.5, 0.6) is 0 Å². The van der Waals surface area contributed by atoms with E-state index in [-0.39, 0.29) is 5.82 Å². The van der Waals surface area contributed by atoms with Crippen LogP contribution in [0, 0.1) is 5.82 Å². The van der Waals surface area contributed by atoms with Crippen LogP contribution in [0.1, 0.15) is 18.3 Å². The Morgan fingerprint density at radius 1 is 1.15 bits per heavy atom. The molecule has 0 N–H and O–H groups in total. The van der Waals surface area contributed by atoms with Crippen molar-refractivity contribution in [2.24, 2.45) is 7.05 Å². The highest BCUT2D eigenvalue weighted by molar-refractivity contribution is 9.10. The Labute approximate surface area is 159 Å². The predicted octanol–water partition coefficient (Wildman–Crippen LogP) is 4.95. The average molecular weight is 413 g/mol. The van der Waals surface area contributed by atoms with Crippen LogP contribution in [0.2, 0.25) is 0 Å². The second-order valence-electron chi connectivity index (χ2n) is 6.23. The molecule has 0 spiro atoms. The first-order valence-corrected chi connectivity index (χ1v) is 9.27. The minimum absolute atomic E-state index is 0.250. The van der Waals surface area contributed by atoms with Gasteiger partial charge in [0.1, 0.15) is 11.6 Å². The Kier molecular flexibility index (Phi) is 4.36. The van der Waals surface area contributed by atoms with Gasteiger partial charge in [0.25, 0.3) is 0 Å². The van der Waals surface area contributed by atoms with Crippen molar-refractivity contribution >= 4 is 27.0 Å². The van der Waals surface area contributed by atoms with Gasteiger partial charge in [-0.3, -0.25) is 4.68 Å². The van der Waals surface area contributed by atoms with Crippen molar-refractivity contribution in [2.75, 3.05) is 0 Å². The SMILES string of the molecule is CCn1c(Cc2cnn(C)c2-c2cccc(F)c2)nc2cc(Br)ccc21. The molecule has 0 fully saturated rings. The van der Waals surface area contributed by atoms with Gasteiger partial charge in [-0.05, 0) is 37.3 Å². The van der Waals surface area contributed by atoms with Gasteiger partial charge < -0.3 is 4.57 Å². The lowest BCUT2D eigenvalue weighted by Gasteiger charge is -2.09. The molecule has 0 aliphatic heterocycles. The van der Waals surface area contributed by atoms with Crippen LogP contribution in [-0.4, -0.2) is 19.3 Å². The number of halogens is 2. The maximum Gasteiger partial charge on any atom is 0.123 e. The zero-order chi connectivity index (χ0) is 18.3. The van der Waals surface area contributed by atoms with E-state index in [0.29, 0.717) is 6.42 Å². The molecule has 2 aromatic carbocycles. The fourth-order valence-corrected chi connectivity index (χ4v) is 3.78. The number of hydrogen-bond acceptors (Lipinski definition) is 2. The zero-order valence-corrected chi connectivity index (χ0v) is 16.2. The van der Waals surface area contributed by atoms with Gasteiger partial charge in [0.2, 0.25) is 0 Å². The topological polar surface area (TPSA) is 35.6 Å². The molecule has 0 radical (unpaired) electrons. The van der Waals surface area contributed by atoms with E-state index in [4.69, 9.17) is 4.98 Å². The molecule has 0 amide bonds. The zero-order valence-electron chi connectivity index (χ0n) is 14.6. The first kappa shape index (κ1) is 17.0. The lowest BCUT2D eigenvalue weighted by Crippen LogP contribution is -2.04. The molecule has 0 saturated heterocycles. The van der Waals surface area contributed by atoms with E-state index in [1.54, 1.807) is 16.8 Å². The molecule has 0 aliphatic carbocycles. The number of benzene rings is 2. The molecule has 2 heterocycles. The van der Waals surface area contributed by atoms with Crippen LogP contribution >= 0.6 is 15.9 Å². The Morgan fingerprint density at radius 3 is 2.77 bits per heavy atom. The third-order valence-electron chi connectivity index (χ3n) is 4.57. The molecule has 6 heteroatoms. The maximum atomic E-state index is 13.7. The van der Waals surface area contributed by atoms with Gasteiger partial charge >= 0.3 is 0 Å². The summed E-state index contributed by atoms with van der Waals surface area (Å²) in [5, 5.41) is 4.39. The Balaban J connectivity index is 1.81. The molecule has 132 valence electrons. The van der Waals surface area contributed by atoms with Crippen LogP contribution in [-0.2, 0) is 20.0 Å². The third-order valence-corrected chi connectivity index (χ3v) is 5.06. The third kappa shape index (κ3) is 2.94. The smallest absolute Gasteiger partial charge is 0.123 e. The molecule has 4 aromatic rings. The Bertz CT molecular complexity index is 1100. The molecule has 2 aromatic heterocycles. The van der Waals surface area contributed by atoms with Gasteiger partial charge in [0, 0.05) is 35.6 Å². The van der Waals surface area contributed by atoms with Crippen molar-refractivity contribution in [2.45, 2.75) is 19.9 Å². The van der Waals surface area contributed by atoms with Gasteiger partial charge in [-0.15, -0.1) is 0 Å². The van der Waals surface area contributed by atoms with E-state index >= 15 is 0 Å². The number of hydrogen-bond donors (Lipinski definition) is 0. The fourth-order valence-electron chi connectivity index (χ4n) is 3.43. The summed E-state index contributed by atoms with van der Waals surface area (Å²) >= 11 is 3.51. The minimum Gasteiger partial charge on any atom is -0.328 e. The second kappa shape index (κ2) is 6.68. The van der Waals surface area contributed by atoms with E-state index < -0.39 is 0 Å². The normalized spacial score (nSPS) is 11.4. The summed E-state index contributed by atoms with van der Waals surface area (Å²) < 4.78 is 18.7. The van der Waals surface area contributed by atoms with Crippen LogP contribution in [0.15, 0.2) is 53.1 Å². The highest BCUT2D eigenvalue weighted by atomic mass is 79.9. The molecule has 0 atom stereocenters. The highest BCUT2D eigenvalue weighted by Gasteiger charge is 2.16. The van der Waals surface area contributed by atoms with E-state index in [1.807, 2.05) is 31.4 Å². The van der Waals surface area contributed by atoms with Crippen molar-refractivity contribution in [3.05, 3.63) is 70.3 Å². The minimum atomic E-state index is -0.250. The van der Waals surface area contributed by atoms with Crippen LogP contribution < -0.4 is 0 Å².